The van der Waals surface area contributed by atoms with Crippen molar-refractivity contribution in [1.82, 2.24) is 5.32 Å². The van der Waals surface area contributed by atoms with Crippen molar-refractivity contribution >= 4 is 11.3 Å². The summed E-state index contributed by atoms with van der Waals surface area (Å²) >= 11 is 1.73. The highest BCUT2D eigenvalue weighted by Gasteiger charge is 2.23. The summed E-state index contributed by atoms with van der Waals surface area (Å²) in [6.07, 6.45) is 4.23. The molecule has 0 bridgehead atoms. The second-order valence-electron chi connectivity index (χ2n) is 4.29. The van der Waals surface area contributed by atoms with Crippen molar-refractivity contribution in [2.45, 2.75) is 38.8 Å². The molecule has 0 radical (unpaired) electrons. The predicted molar refractivity (Wildman–Crippen MR) is 64.5 cm³/mol. The summed E-state index contributed by atoms with van der Waals surface area (Å²) in [5.41, 5.74) is 0. The van der Waals surface area contributed by atoms with Gasteiger partial charge in [-0.1, -0.05) is 6.42 Å². The largest absolute Gasteiger partial charge is 0.487 e. The Morgan fingerprint density at radius 1 is 1.53 bits per heavy atom. The third-order valence-corrected chi connectivity index (χ3v) is 4.34. The smallest absolute Gasteiger partial charge is 0.173 e. The van der Waals surface area contributed by atoms with Crippen molar-refractivity contribution in [1.29, 1.82) is 0 Å². The molecule has 15 heavy (non-hydrogen) atoms. The van der Waals surface area contributed by atoms with E-state index in [1.807, 2.05) is 6.07 Å². The molecule has 0 aliphatic heterocycles. The van der Waals surface area contributed by atoms with Gasteiger partial charge in [0, 0.05) is 17.5 Å². The quantitative estimate of drug-likeness (QED) is 0.831. The fourth-order valence-corrected chi connectivity index (χ4v) is 2.70. The van der Waals surface area contributed by atoms with Gasteiger partial charge < -0.3 is 10.1 Å². The van der Waals surface area contributed by atoms with Gasteiger partial charge in [-0.3, -0.25) is 0 Å². The molecule has 1 N–H and O–H groups in total. The molecule has 1 aromatic heterocycles. The normalized spacial score (nSPS) is 18.5. The average Bonchev–Trinajstić information content (AvgIpc) is 2.59. The van der Waals surface area contributed by atoms with Crippen molar-refractivity contribution in [3.8, 4) is 5.06 Å². The number of hydrogen-bond donors (Lipinski definition) is 1. The molecule has 1 aromatic rings. The second-order valence-corrected chi connectivity index (χ2v) is 5.42. The van der Waals surface area contributed by atoms with Crippen molar-refractivity contribution in [2.24, 2.45) is 5.92 Å². The van der Waals surface area contributed by atoms with Gasteiger partial charge in [-0.05, 0) is 37.8 Å². The summed E-state index contributed by atoms with van der Waals surface area (Å²) in [5.74, 6) is 0.909. The van der Waals surface area contributed by atoms with E-state index in [4.69, 9.17) is 4.74 Å². The van der Waals surface area contributed by atoms with Crippen molar-refractivity contribution in [3.05, 3.63) is 17.0 Å². The van der Waals surface area contributed by atoms with Crippen LogP contribution < -0.4 is 10.1 Å². The van der Waals surface area contributed by atoms with E-state index >= 15 is 0 Å². The zero-order valence-electron chi connectivity index (χ0n) is 9.45. The van der Waals surface area contributed by atoms with Crippen LogP contribution in [0.2, 0.25) is 0 Å². The lowest BCUT2D eigenvalue weighted by Crippen LogP contribution is -2.36. The highest BCUT2D eigenvalue weighted by atomic mass is 32.1. The Kier molecular flexibility index (Phi) is 3.65. The predicted octanol–water partition coefficient (Wildman–Crippen LogP) is 3.03. The van der Waals surface area contributed by atoms with E-state index in [1.165, 1.54) is 24.1 Å². The molecule has 1 atom stereocenters. The fraction of sp³-hybridized carbons (Fsp3) is 0.667. The van der Waals surface area contributed by atoms with Crippen LogP contribution in [0.5, 0.6) is 5.06 Å². The first-order valence-electron chi connectivity index (χ1n) is 5.65. The molecule has 1 saturated carbocycles. The molecular weight excluding hydrogens is 206 g/mol. The number of nitrogens with one attached hydrogen (secondary N) is 1. The molecule has 0 aromatic carbocycles. The summed E-state index contributed by atoms with van der Waals surface area (Å²) in [6, 6.07) is 4.84. The maximum absolute atomic E-state index is 5.17. The zero-order valence-corrected chi connectivity index (χ0v) is 10.3. The summed E-state index contributed by atoms with van der Waals surface area (Å²) in [6.45, 7) is 3.28. The van der Waals surface area contributed by atoms with E-state index < -0.39 is 0 Å². The van der Waals surface area contributed by atoms with Crippen LogP contribution in [0.1, 0.15) is 31.1 Å². The summed E-state index contributed by atoms with van der Waals surface area (Å²) in [5, 5.41) is 4.60. The Labute approximate surface area is 95.6 Å². The van der Waals surface area contributed by atoms with E-state index in [2.05, 4.69) is 18.3 Å². The van der Waals surface area contributed by atoms with Crippen LogP contribution in [-0.4, -0.2) is 13.2 Å². The van der Waals surface area contributed by atoms with E-state index in [0.717, 1.165) is 17.5 Å². The van der Waals surface area contributed by atoms with Crippen LogP contribution in [-0.2, 0) is 6.54 Å². The van der Waals surface area contributed by atoms with E-state index in [1.54, 1.807) is 18.4 Å². The van der Waals surface area contributed by atoms with Gasteiger partial charge >= 0.3 is 0 Å². The SMILES string of the molecule is COc1ccc(CNC(C)C2CCC2)s1. The van der Waals surface area contributed by atoms with Crippen molar-refractivity contribution < 1.29 is 4.74 Å². The van der Waals surface area contributed by atoms with Gasteiger partial charge in [-0.25, -0.2) is 0 Å². The molecule has 0 saturated heterocycles. The van der Waals surface area contributed by atoms with Crippen LogP contribution in [0.4, 0.5) is 0 Å². The minimum absolute atomic E-state index is 0.659. The van der Waals surface area contributed by atoms with Crippen LogP contribution in [0, 0.1) is 5.92 Å². The summed E-state index contributed by atoms with van der Waals surface area (Å²) < 4.78 is 5.17. The summed E-state index contributed by atoms with van der Waals surface area (Å²) in [4.78, 5) is 1.36. The Hall–Kier alpha value is -0.540. The zero-order chi connectivity index (χ0) is 10.7. The lowest BCUT2D eigenvalue weighted by molar-refractivity contribution is 0.240. The number of ether oxygens (including phenoxy) is 1. The Bertz CT molecular complexity index is 306. The number of thiophene rings is 1. The molecule has 1 unspecified atom stereocenters. The molecule has 2 nitrogen and oxygen atoms in total. The number of rotatable bonds is 5. The van der Waals surface area contributed by atoms with Crippen LogP contribution >= 0.6 is 11.3 Å². The lowest BCUT2D eigenvalue weighted by Gasteiger charge is -2.31. The van der Waals surface area contributed by atoms with Gasteiger partial charge in [0.15, 0.2) is 5.06 Å². The molecule has 1 aliphatic carbocycles. The van der Waals surface area contributed by atoms with E-state index in [9.17, 15) is 0 Å². The topological polar surface area (TPSA) is 21.3 Å². The standard InChI is InChI=1S/C12H19NOS/c1-9(10-4-3-5-10)13-8-11-6-7-12(14-2)15-11/h6-7,9-10,13H,3-5,8H2,1-2H3. The van der Waals surface area contributed by atoms with Gasteiger partial charge in [0.1, 0.15) is 0 Å². The van der Waals surface area contributed by atoms with Crippen LogP contribution in [0.25, 0.3) is 0 Å². The lowest BCUT2D eigenvalue weighted by atomic mass is 9.80. The molecule has 1 aliphatic rings. The molecule has 0 spiro atoms. The third-order valence-electron chi connectivity index (χ3n) is 3.29. The van der Waals surface area contributed by atoms with Crippen molar-refractivity contribution in [3.63, 3.8) is 0 Å². The molecule has 1 heterocycles. The molecule has 3 heteroatoms. The van der Waals surface area contributed by atoms with Gasteiger partial charge in [-0.2, -0.15) is 0 Å². The molecule has 84 valence electrons. The highest BCUT2D eigenvalue weighted by molar-refractivity contribution is 7.13. The third kappa shape index (κ3) is 2.73. The van der Waals surface area contributed by atoms with Gasteiger partial charge in [0.05, 0.1) is 7.11 Å². The number of methoxy groups -OCH3 is 1. The maximum Gasteiger partial charge on any atom is 0.173 e. The monoisotopic (exact) mass is 225 g/mol. The number of hydrogen-bond acceptors (Lipinski definition) is 3. The first-order chi connectivity index (χ1) is 7.29. The molecular formula is C12H19NOS. The molecule has 2 rings (SSSR count). The van der Waals surface area contributed by atoms with Gasteiger partial charge in [0.25, 0.3) is 0 Å². The van der Waals surface area contributed by atoms with E-state index in [0.29, 0.717) is 6.04 Å². The Balaban J connectivity index is 1.76. The van der Waals surface area contributed by atoms with Crippen LogP contribution in [0.3, 0.4) is 0 Å². The van der Waals surface area contributed by atoms with Gasteiger partial charge in [0.2, 0.25) is 0 Å². The summed E-state index contributed by atoms with van der Waals surface area (Å²) in [7, 11) is 1.72. The molecule has 1 fully saturated rings. The van der Waals surface area contributed by atoms with Crippen LogP contribution in [0.15, 0.2) is 12.1 Å². The average molecular weight is 225 g/mol. The first kappa shape index (κ1) is 11.0. The first-order valence-corrected chi connectivity index (χ1v) is 6.47. The Morgan fingerprint density at radius 3 is 2.87 bits per heavy atom. The Morgan fingerprint density at radius 2 is 2.33 bits per heavy atom. The molecule has 0 amide bonds. The minimum Gasteiger partial charge on any atom is -0.487 e. The maximum atomic E-state index is 5.17. The fourth-order valence-electron chi connectivity index (χ4n) is 1.93. The minimum atomic E-state index is 0.659. The second kappa shape index (κ2) is 4.99. The van der Waals surface area contributed by atoms with E-state index in [-0.39, 0.29) is 0 Å². The highest BCUT2D eigenvalue weighted by Crippen LogP contribution is 2.30. The van der Waals surface area contributed by atoms with Crippen molar-refractivity contribution in [2.75, 3.05) is 7.11 Å². The van der Waals surface area contributed by atoms with Gasteiger partial charge in [-0.15, -0.1) is 11.3 Å².